The van der Waals surface area contributed by atoms with E-state index in [9.17, 15) is 26.1 Å². The second-order valence-corrected chi connectivity index (χ2v) is 6.80. The molecule has 2 heterocycles. The molecule has 1 aliphatic heterocycles. The molecule has 11 heteroatoms. The minimum atomic E-state index is -4.61. The highest BCUT2D eigenvalue weighted by Gasteiger charge is 2.39. The molecule has 1 aromatic heterocycles. The van der Waals surface area contributed by atoms with Gasteiger partial charge in [-0.3, -0.25) is 0 Å². The van der Waals surface area contributed by atoms with Crippen molar-refractivity contribution in [1.29, 1.82) is 0 Å². The lowest BCUT2D eigenvalue weighted by Crippen LogP contribution is -2.20. The fourth-order valence-electron chi connectivity index (χ4n) is 2.41. The van der Waals surface area contributed by atoms with Crippen molar-refractivity contribution in [1.82, 2.24) is 19.3 Å². The van der Waals surface area contributed by atoms with E-state index in [1.807, 2.05) is 0 Å². The monoisotopic (exact) mass is 350 g/mol. The van der Waals surface area contributed by atoms with Crippen molar-refractivity contribution >= 4 is 10.0 Å². The summed E-state index contributed by atoms with van der Waals surface area (Å²) in [5.74, 6) is -1.90. The first kappa shape index (κ1) is 15.9. The molecule has 1 aliphatic rings. The van der Waals surface area contributed by atoms with Crippen molar-refractivity contribution in [2.45, 2.75) is 23.8 Å². The van der Waals surface area contributed by atoms with Gasteiger partial charge in [-0.05, 0) is 22.7 Å². The number of nitrogens with zero attached hydrogens (tertiary/aromatic N) is 4. The van der Waals surface area contributed by atoms with Gasteiger partial charge >= 0.3 is 10.0 Å². The van der Waals surface area contributed by atoms with E-state index in [0.29, 0.717) is 7.05 Å². The van der Waals surface area contributed by atoms with E-state index in [1.165, 1.54) is 0 Å². The molecular weight excluding hydrogens is 340 g/mol. The highest BCUT2D eigenvalue weighted by atomic mass is 32.2. The average Bonchev–Trinajstić information content (AvgIpc) is 3.03. The molecule has 6 nitrogen and oxygen atoms in total. The molecule has 124 valence electrons. The van der Waals surface area contributed by atoms with Crippen LogP contribution in [0.4, 0.5) is 17.7 Å². The van der Waals surface area contributed by atoms with Gasteiger partial charge in [0.1, 0.15) is 11.6 Å². The van der Waals surface area contributed by atoms with Crippen molar-refractivity contribution < 1.29 is 26.1 Å². The van der Waals surface area contributed by atoms with Crippen LogP contribution in [-0.2, 0) is 10.0 Å². The van der Waals surface area contributed by atoms with Crippen LogP contribution in [0.2, 0.25) is 0 Å². The van der Waals surface area contributed by atoms with Crippen LogP contribution in [0.15, 0.2) is 23.4 Å². The molecule has 0 bridgehead atoms. The molecule has 1 aromatic carbocycles. The minimum absolute atomic E-state index is 0.186. The molecule has 0 N–H and O–H groups in total. The lowest BCUT2D eigenvalue weighted by atomic mass is 10.0. The minimum Gasteiger partial charge on any atom is -0.239 e. The molecule has 0 saturated heterocycles. The average molecular weight is 350 g/mol. The van der Waals surface area contributed by atoms with Crippen molar-refractivity contribution in [3.05, 3.63) is 41.2 Å². The Morgan fingerprint density at radius 3 is 2.70 bits per heavy atom. The molecule has 0 fully saturated rings. The molecule has 0 saturated carbocycles. The molecule has 0 amide bonds. The van der Waals surface area contributed by atoms with Crippen LogP contribution in [-0.4, -0.2) is 34.8 Å². The predicted molar refractivity (Wildman–Crippen MR) is 69.0 cm³/mol. The SMILES string of the molecule is CN(F)S(=O)(=O)c1nc2n(n1)[C@H](c1cc(F)ccc1F)C[C@@H]2F. The summed E-state index contributed by atoms with van der Waals surface area (Å²) in [6.07, 6.45) is -2.01. The Kier molecular flexibility index (Phi) is 3.64. The van der Waals surface area contributed by atoms with Gasteiger partial charge in [0.15, 0.2) is 12.0 Å². The maximum Gasteiger partial charge on any atom is 0.306 e. The number of fused-ring (bicyclic) bond motifs is 1. The molecule has 3 rings (SSSR count). The molecule has 2 aromatic rings. The highest BCUT2D eigenvalue weighted by molar-refractivity contribution is 7.88. The third kappa shape index (κ3) is 2.49. The molecule has 0 aliphatic carbocycles. The second-order valence-electron chi connectivity index (χ2n) is 4.98. The quantitative estimate of drug-likeness (QED) is 0.628. The molecule has 0 radical (unpaired) electrons. The number of rotatable bonds is 3. The summed E-state index contributed by atoms with van der Waals surface area (Å²) in [6.45, 7) is 0. The summed E-state index contributed by atoms with van der Waals surface area (Å²) in [4.78, 5) is 3.48. The van der Waals surface area contributed by atoms with E-state index in [2.05, 4.69) is 10.1 Å². The molecule has 23 heavy (non-hydrogen) atoms. The third-order valence-corrected chi connectivity index (χ3v) is 4.82. The number of hydrogen-bond acceptors (Lipinski definition) is 4. The van der Waals surface area contributed by atoms with Crippen molar-refractivity contribution in [3.63, 3.8) is 0 Å². The number of sulfonamides is 1. The van der Waals surface area contributed by atoms with E-state index < -0.39 is 43.6 Å². The van der Waals surface area contributed by atoms with Crippen molar-refractivity contribution in [2.75, 3.05) is 7.05 Å². The Morgan fingerprint density at radius 2 is 2.04 bits per heavy atom. The maximum absolute atomic E-state index is 14.0. The lowest BCUT2D eigenvalue weighted by molar-refractivity contribution is 0.176. The van der Waals surface area contributed by atoms with Gasteiger partial charge in [-0.1, -0.05) is 0 Å². The van der Waals surface area contributed by atoms with Gasteiger partial charge in [-0.15, -0.1) is 9.58 Å². The lowest BCUT2D eigenvalue weighted by Gasteiger charge is -2.13. The van der Waals surface area contributed by atoms with Crippen LogP contribution >= 0.6 is 0 Å². The number of alkyl halides is 1. The second kappa shape index (κ2) is 5.27. The molecule has 0 unspecified atom stereocenters. The standard InChI is InChI=1S/C12H10F4N4O2S/c1-19(16)23(21,22)12-17-11-9(15)5-10(20(11)18-12)7-4-6(13)2-3-8(7)14/h2-4,9-10H,5H2,1H3/t9-,10-/m0/s1. The van der Waals surface area contributed by atoms with Gasteiger partial charge in [-0.2, -0.15) is 4.98 Å². The Balaban J connectivity index is 2.11. The smallest absolute Gasteiger partial charge is 0.239 e. The number of hydrogen-bond donors (Lipinski definition) is 0. The Labute approximate surface area is 128 Å². The zero-order valence-corrected chi connectivity index (χ0v) is 12.4. The van der Waals surface area contributed by atoms with Crippen LogP contribution in [0, 0.1) is 11.6 Å². The molecular formula is C12H10F4N4O2S. The summed E-state index contributed by atoms with van der Waals surface area (Å²) in [5, 5.41) is 2.63. The molecule has 0 spiro atoms. The van der Waals surface area contributed by atoms with Crippen LogP contribution in [0.3, 0.4) is 0 Å². The van der Waals surface area contributed by atoms with Gasteiger partial charge in [0, 0.05) is 19.0 Å². The van der Waals surface area contributed by atoms with Gasteiger partial charge < -0.3 is 0 Å². The normalized spacial score (nSPS) is 21.0. The summed E-state index contributed by atoms with van der Waals surface area (Å²) in [5.41, 5.74) is -0.186. The Hall–Kier alpha value is -2.01. The summed E-state index contributed by atoms with van der Waals surface area (Å²) in [7, 11) is -3.99. The Morgan fingerprint density at radius 1 is 1.35 bits per heavy atom. The van der Waals surface area contributed by atoms with Gasteiger partial charge in [0.2, 0.25) is 0 Å². The van der Waals surface area contributed by atoms with Crippen LogP contribution in [0.25, 0.3) is 0 Å². The largest absolute Gasteiger partial charge is 0.306 e. The number of benzene rings is 1. The van der Waals surface area contributed by atoms with Gasteiger partial charge in [0.25, 0.3) is 5.16 Å². The summed E-state index contributed by atoms with van der Waals surface area (Å²) in [6, 6.07) is 1.58. The topological polar surface area (TPSA) is 68.1 Å². The fourth-order valence-corrected chi connectivity index (χ4v) is 3.03. The van der Waals surface area contributed by atoms with E-state index in [4.69, 9.17) is 0 Å². The fraction of sp³-hybridized carbons (Fsp3) is 0.333. The zero-order valence-electron chi connectivity index (χ0n) is 11.6. The van der Waals surface area contributed by atoms with Crippen molar-refractivity contribution in [3.8, 4) is 0 Å². The van der Waals surface area contributed by atoms with Crippen LogP contribution in [0.1, 0.15) is 30.0 Å². The zero-order chi connectivity index (χ0) is 16.9. The first-order valence-electron chi connectivity index (χ1n) is 6.42. The van der Waals surface area contributed by atoms with E-state index in [-0.39, 0.29) is 17.8 Å². The van der Waals surface area contributed by atoms with Gasteiger partial charge in [-0.25, -0.2) is 26.3 Å². The van der Waals surface area contributed by atoms with Crippen molar-refractivity contribution in [2.24, 2.45) is 0 Å². The molecule has 2 atom stereocenters. The first-order chi connectivity index (χ1) is 10.7. The Bertz CT molecular complexity index is 868. The maximum atomic E-state index is 14.0. The predicted octanol–water partition coefficient (Wildman–Crippen LogP) is 2.06. The summed E-state index contributed by atoms with van der Waals surface area (Å²) >= 11 is 0. The van der Waals surface area contributed by atoms with Gasteiger partial charge in [0.05, 0.1) is 6.04 Å². The van der Waals surface area contributed by atoms with Crippen LogP contribution in [0.5, 0.6) is 0 Å². The van der Waals surface area contributed by atoms with E-state index >= 15 is 0 Å². The first-order valence-corrected chi connectivity index (χ1v) is 7.86. The third-order valence-electron chi connectivity index (χ3n) is 3.52. The van der Waals surface area contributed by atoms with E-state index in [0.717, 1.165) is 22.9 Å². The van der Waals surface area contributed by atoms with Crippen LogP contribution < -0.4 is 0 Å². The number of halogens is 4. The number of aromatic nitrogens is 3. The summed E-state index contributed by atoms with van der Waals surface area (Å²) < 4.78 is 77.8. The van der Waals surface area contributed by atoms with E-state index in [1.54, 1.807) is 0 Å². The highest BCUT2D eigenvalue weighted by Crippen LogP contribution is 2.40.